The van der Waals surface area contributed by atoms with Crippen LogP contribution in [0.3, 0.4) is 0 Å². The van der Waals surface area contributed by atoms with Gasteiger partial charge in [0.25, 0.3) is 0 Å². The summed E-state index contributed by atoms with van der Waals surface area (Å²) in [6, 6.07) is 29.2. The smallest absolute Gasteiger partial charge is 0.142 e. The predicted molar refractivity (Wildman–Crippen MR) is 122 cm³/mol. The van der Waals surface area contributed by atoms with Crippen LogP contribution in [0.25, 0.3) is 22.4 Å². The van der Waals surface area contributed by atoms with Crippen LogP contribution in [0, 0.1) is 11.3 Å². The summed E-state index contributed by atoms with van der Waals surface area (Å²) < 4.78 is 11.4. The Bertz CT molecular complexity index is 1250. The molecule has 0 fully saturated rings. The van der Waals surface area contributed by atoms with Crippen LogP contribution < -0.4 is 15.2 Å². The van der Waals surface area contributed by atoms with Gasteiger partial charge in [0.2, 0.25) is 0 Å². The molecule has 0 amide bonds. The fraction of sp³-hybridized carbons (Fsp3) is 0.0769. The zero-order valence-electron chi connectivity index (χ0n) is 17.1. The first-order valence-electron chi connectivity index (χ1n) is 9.80. The molecule has 0 aliphatic heterocycles. The van der Waals surface area contributed by atoms with Crippen molar-refractivity contribution in [1.29, 1.82) is 5.26 Å². The van der Waals surface area contributed by atoms with E-state index >= 15 is 0 Å². The third-order valence-corrected chi connectivity index (χ3v) is 4.94. The summed E-state index contributed by atoms with van der Waals surface area (Å²) in [6.07, 6.45) is 0. The zero-order valence-corrected chi connectivity index (χ0v) is 17.1. The van der Waals surface area contributed by atoms with Crippen molar-refractivity contribution in [2.45, 2.75) is 6.61 Å². The Kier molecular flexibility index (Phi) is 5.82. The summed E-state index contributed by atoms with van der Waals surface area (Å²) in [5.41, 5.74) is 10.5. The first kappa shape index (κ1) is 20.0. The van der Waals surface area contributed by atoms with Gasteiger partial charge < -0.3 is 15.2 Å². The third-order valence-electron chi connectivity index (χ3n) is 4.94. The molecule has 4 aromatic rings. The van der Waals surface area contributed by atoms with Crippen molar-refractivity contribution in [3.63, 3.8) is 0 Å². The normalized spacial score (nSPS) is 10.3. The highest BCUT2D eigenvalue weighted by atomic mass is 16.5. The van der Waals surface area contributed by atoms with E-state index in [1.54, 1.807) is 7.11 Å². The maximum absolute atomic E-state index is 9.72. The molecule has 5 heteroatoms. The van der Waals surface area contributed by atoms with Gasteiger partial charge in [-0.05, 0) is 41.5 Å². The van der Waals surface area contributed by atoms with E-state index in [4.69, 9.17) is 15.2 Å². The molecule has 0 spiro atoms. The Morgan fingerprint density at radius 1 is 0.903 bits per heavy atom. The minimum Gasteiger partial charge on any atom is -0.496 e. The average Bonchev–Trinajstić information content (AvgIpc) is 2.83. The molecular weight excluding hydrogens is 386 g/mol. The number of benzene rings is 3. The van der Waals surface area contributed by atoms with Crippen LogP contribution >= 0.6 is 0 Å². The molecule has 31 heavy (non-hydrogen) atoms. The molecule has 0 saturated heterocycles. The summed E-state index contributed by atoms with van der Waals surface area (Å²) in [5, 5.41) is 9.72. The lowest BCUT2D eigenvalue weighted by Gasteiger charge is -2.13. The molecule has 0 saturated carbocycles. The van der Waals surface area contributed by atoms with E-state index in [1.807, 2.05) is 84.9 Å². The van der Waals surface area contributed by atoms with Crippen LogP contribution in [0.2, 0.25) is 0 Å². The van der Waals surface area contributed by atoms with E-state index in [-0.39, 0.29) is 5.82 Å². The molecule has 0 bridgehead atoms. The SMILES string of the molecule is COc1ccccc1-c1cc(-c2cccc(OCc3ccccc3)c2)c(C#N)c(N)n1. The number of para-hydroxylation sites is 1. The van der Waals surface area contributed by atoms with E-state index in [9.17, 15) is 5.26 Å². The Hall–Kier alpha value is -4.30. The van der Waals surface area contributed by atoms with Crippen molar-refractivity contribution in [2.24, 2.45) is 0 Å². The van der Waals surface area contributed by atoms with E-state index in [0.717, 1.165) is 16.7 Å². The Balaban J connectivity index is 1.73. The number of nitrogen functional groups attached to an aromatic ring is 1. The second-order valence-corrected chi connectivity index (χ2v) is 6.93. The van der Waals surface area contributed by atoms with Crippen LogP contribution in [0.5, 0.6) is 11.5 Å². The first-order valence-corrected chi connectivity index (χ1v) is 9.80. The number of hydrogen-bond donors (Lipinski definition) is 1. The van der Waals surface area contributed by atoms with E-state index in [1.165, 1.54) is 0 Å². The molecule has 2 N–H and O–H groups in total. The Labute approximate surface area is 181 Å². The molecule has 1 heterocycles. The van der Waals surface area contributed by atoms with Crippen LogP contribution in [0.1, 0.15) is 11.1 Å². The fourth-order valence-corrected chi connectivity index (χ4v) is 3.40. The molecule has 0 aliphatic rings. The first-order chi connectivity index (χ1) is 15.2. The number of methoxy groups -OCH3 is 1. The number of anilines is 1. The number of hydrogen-bond acceptors (Lipinski definition) is 5. The molecule has 0 aliphatic carbocycles. The molecule has 152 valence electrons. The fourth-order valence-electron chi connectivity index (χ4n) is 3.40. The van der Waals surface area contributed by atoms with Crippen molar-refractivity contribution in [1.82, 2.24) is 4.98 Å². The highest BCUT2D eigenvalue weighted by Gasteiger charge is 2.16. The largest absolute Gasteiger partial charge is 0.496 e. The van der Waals surface area contributed by atoms with Crippen molar-refractivity contribution in [2.75, 3.05) is 12.8 Å². The summed E-state index contributed by atoms with van der Waals surface area (Å²) >= 11 is 0. The Morgan fingerprint density at radius 2 is 1.68 bits per heavy atom. The number of pyridine rings is 1. The summed E-state index contributed by atoms with van der Waals surface area (Å²) in [4.78, 5) is 4.45. The molecule has 0 radical (unpaired) electrons. The van der Waals surface area contributed by atoms with Crippen LogP contribution in [0.15, 0.2) is 84.9 Å². The van der Waals surface area contributed by atoms with E-state index in [0.29, 0.717) is 34.9 Å². The third kappa shape index (κ3) is 4.34. The molecule has 1 aromatic heterocycles. The lowest BCUT2D eigenvalue weighted by atomic mass is 9.98. The molecular formula is C26H21N3O2. The molecule has 4 rings (SSSR count). The van der Waals surface area contributed by atoms with Crippen LogP contribution in [-0.2, 0) is 6.61 Å². The van der Waals surface area contributed by atoms with Gasteiger partial charge in [-0.3, -0.25) is 0 Å². The lowest BCUT2D eigenvalue weighted by Crippen LogP contribution is -2.01. The summed E-state index contributed by atoms with van der Waals surface area (Å²) in [5.74, 6) is 1.57. The summed E-state index contributed by atoms with van der Waals surface area (Å²) in [6.45, 7) is 0.459. The van der Waals surface area contributed by atoms with Crippen molar-refractivity contribution in [3.05, 3.63) is 96.1 Å². The van der Waals surface area contributed by atoms with Crippen LogP contribution in [-0.4, -0.2) is 12.1 Å². The standard InChI is InChI=1S/C26H21N3O2/c1-30-25-13-6-5-12-21(25)24-15-22(23(16-27)26(28)29-24)19-10-7-11-20(14-19)31-17-18-8-3-2-4-9-18/h2-15H,17H2,1H3,(H2,28,29). The van der Waals surface area contributed by atoms with Gasteiger partial charge in [-0.15, -0.1) is 0 Å². The molecule has 5 nitrogen and oxygen atoms in total. The van der Waals surface area contributed by atoms with Gasteiger partial charge in [0.05, 0.1) is 12.8 Å². The van der Waals surface area contributed by atoms with Gasteiger partial charge in [-0.1, -0.05) is 54.6 Å². The second-order valence-electron chi connectivity index (χ2n) is 6.93. The summed E-state index contributed by atoms with van der Waals surface area (Å²) in [7, 11) is 1.61. The molecule has 3 aromatic carbocycles. The number of aromatic nitrogens is 1. The topological polar surface area (TPSA) is 81.2 Å². The van der Waals surface area contributed by atoms with Gasteiger partial charge in [-0.2, -0.15) is 5.26 Å². The van der Waals surface area contributed by atoms with Gasteiger partial charge in [0.1, 0.15) is 35.6 Å². The number of nitrogens with zero attached hydrogens (tertiary/aromatic N) is 2. The average molecular weight is 407 g/mol. The maximum atomic E-state index is 9.72. The van der Waals surface area contributed by atoms with E-state index in [2.05, 4.69) is 11.1 Å². The highest BCUT2D eigenvalue weighted by molar-refractivity contribution is 5.82. The van der Waals surface area contributed by atoms with Gasteiger partial charge >= 0.3 is 0 Å². The number of ether oxygens (including phenoxy) is 2. The van der Waals surface area contributed by atoms with Crippen LogP contribution in [0.4, 0.5) is 5.82 Å². The van der Waals surface area contributed by atoms with Gasteiger partial charge in [0.15, 0.2) is 0 Å². The number of rotatable bonds is 6. The quantitative estimate of drug-likeness (QED) is 0.459. The van der Waals surface area contributed by atoms with Gasteiger partial charge in [0, 0.05) is 11.1 Å². The molecule has 0 unspecified atom stereocenters. The van der Waals surface area contributed by atoms with E-state index < -0.39 is 0 Å². The van der Waals surface area contributed by atoms with Crippen molar-refractivity contribution >= 4 is 5.82 Å². The zero-order chi connectivity index (χ0) is 21.6. The van der Waals surface area contributed by atoms with Crippen molar-refractivity contribution < 1.29 is 9.47 Å². The number of nitrogens with two attached hydrogens (primary N) is 1. The van der Waals surface area contributed by atoms with Gasteiger partial charge in [-0.25, -0.2) is 4.98 Å². The maximum Gasteiger partial charge on any atom is 0.142 e. The van der Waals surface area contributed by atoms with Crippen molar-refractivity contribution in [3.8, 4) is 40.0 Å². The number of nitriles is 1. The predicted octanol–water partition coefficient (Wildman–Crippen LogP) is 5.46. The Morgan fingerprint density at radius 3 is 2.45 bits per heavy atom. The molecule has 0 atom stereocenters. The lowest BCUT2D eigenvalue weighted by molar-refractivity contribution is 0.306. The minimum atomic E-state index is 0.177. The minimum absolute atomic E-state index is 0.177. The monoisotopic (exact) mass is 407 g/mol. The second kappa shape index (κ2) is 9.02. The highest BCUT2D eigenvalue weighted by Crippen LogP contribution is 2.35.